The first-order valence-corrected chi connectivity index (χ1v) is 6.04. The molecule has 1 N–H and O–H groups in total. The number of hydrogen-bond donors (Lipinski definition) is 1. The molecule has 8 nitrogen and oxygen atoms in total. The number of carbonyl (C=O) groups excluding carboxylic acids is 1. The Kier molecular flexibility index (Phi) is 3.52. The second kappa shape index (κ2) is 4.96. The Hall–Kier alpha value is -1.96. The van der Waals surface area contributed by atoms with Gasteiger partial charge in [0.1, 0.15) is 5.69 Å². The van der Waals surface area contributed by atoms with Crippen LogP contribution in [0.5, 0.6) is 0 Å². The lowest BCUT2D eigenvalue weighted by Gasteiger charge is -2.34. The molecule has 0 unspecified atom stereocenters. The lowest BCUT2D eigenvalue weighted by molar-refractivity contribution is -0.385. The van der Waals surface area contributed by atoms with Crippen LogP contribution in [0.25, 0.3) is 0 Å². The second-order valence-corrected chi connectivity index (χ2v) is 4.77. The maximum Gasteiger partial charge on any atom is 0.322 e. The number of amides is 1. The van der Waals surface area contributed by atoms with Crippen LogP contribution in [0, 0.1) is 17.0 Å². The maximum absolute atomic E-state index is 12.3. The van der Waals surface area contributed by atoms with Crippen molar-refractivity contribution in [1.82, 2.24) is 15.1 Å². The Morgan fingerprint density at radius 1 is 1.47 bits per heavy atom. The number of ether oxygens (including phenoxy) is 1. The van der Waals surface area contributed by atoms with Gasteiger partial charge in [-0.25, -0.2) is 0 Å². The number of carbonyl (C=O) groups is 1. The molecule has 1 aromatic heterocycles. The van der Waals surface area contributed by atoms with Gasteiger partial charge in [-0.05, 0) is 20.8 Å². The van der Waals surface area contributed by atoms with Crippen molar-refractivity contribution < 1.29 is 14.5 Å². The summed E-state index contributed by atoms with van der Waals surface area (Å²) in [6.07, 6.45) is -0.182. The van der Waals surface area contributed by atoms with Crippen molar-refractivity contribution in [2.75, 3.05) is 13.1 Å². The average Bonchev–Trinajstić information content (AvgIpc) is 2.68. The minimum Gasteiger partial charge on any atom is -0.372 e. The minimum atomic E-state index is -0.584. The highest BCUT2D eigenvalue weighted by Crippen LogP contribution is 2.23. The third kappa shape index (κ3) is 2.58. The molecule has 0 spiro atoms. The predicted molar refractivity (Wildman–Crippen MR) is 65.9 cm³/mol. The molecule has 0 aromatic carbocycles. The van der Waals surface area contributed by atoms with E-state index in [2.05, 4.69) is 10.2 Å². The van der Waals surface area contributed by atoms with Crippen LogP contribution in [-0.4, -0.2) is 51.2 Å². The normalized spacial score (nSPS) is 23.4. The van der Waals surface area contributed by atoms with Crippen molar-refractivity contribution in [2.45, 2.75) is 33.0 Å². The first-order valence-electron chi connectivity index (χ1n) is 6.04. The Bertz CT molecular complexity index is 503. The largest absolute Gasteiger partial charge is 0.372 e. The molecule has 0 saturated carbocycles. The first-order chi connectivity index (χ1) is 8.90. The molecule has 104 valence electrons. The van der Waals surface area contributed by atoms with Gasteiger partial charge in [0.05, 0.1) is 17.1 Å². The van der Waals surface area contributed by atoms with Gasteiger partial charge in [-0.2, -0.15) is 5.10 Å². The Morgan fingerprint density at radius 2 is 2.05 bits per heavy atom. The van der Waals surface area contributed by atoms with Crippen molar-refractivity contribution in [1.29, 1.82) is 0 Å². The van der Waals surface area contributed by atoms with E-state index in [0.717, 1.165) is 0 Å². The van der Waals surface area contributed by atoms with Crippen LogP contribution in [-0.2, 0) is 4.74 Å². The van der Waals surface area contributed by atoms with E-state index in [1.807, 2.05) is 13.8 Å². The fraction of sp³-hybridized carbons (Fsp3) is 0.636. The highest BCUT2D eigenvalue weighted by molar-refractivity contribution is 5.96. The lowest BCUT2D eigenvalue weighted by atomic mass is 10.2. The molecule has 0 bridgehead atoms. The number of nitrogens with one attached hydrogen (secondary N) is 1. The summed E-state index contributed by atoms with van der Waals surface area (Å²) < 4.78 is 5.53. The summed E-state index contributed by atoms with van der Waals surface area (Å²) >= 11 is 0. The van der Waals surface area contributed by atoms with Crippen LogP contribution in [0.15, 0.2) is 0 Å². The number of hydrogen-bond acceptors (Lipinski definition) is 5. The summed E-state index contributed by atoms with van der Waals surface area (Å²) in [5.74, 6) is -0.432. The van der Waals surface area contributed by atoms with Gasteiger partial charge in [0.2, 0.25) is 5.69 Å². The molecule has 2 rings (SSSR count). The average molecular weight is 268 g/mol. The van der Waals surface area contributed by atoms with Crippen LogP contribution in [0.2, 0.25) is 0 Å². The molecule has 19 heavy (non-hydrogen) atoms. The summed E-state index contributed by atoms with van der Waals surface area (Å²) in [7, 11) is 0. The van der Waals surface area contributed by atoms with Crippen molar-refractivity contribution in [3.63, 3.8) is 0 Å². The standard InChI is InChI=1S/C11H16N4O4/c1-6-4-14(5-7(2)19-6)11(16)9-10(15(17)18)8(3)12-13-9/h6-7H,4-5H2,1-3H3,(H,12,13)/t6-,7-/m1/s1. The van der Waals surface area contributed by atoms with Crippen molar-refractivity contribution in [2.24, 2.45) is 0 Å². The van der Waals surface area contributed by atoms with Gasteiger partial charge in [0.15, 0.2) is 0 Å². The molecule has 8 heteroatoms. The smallest absolute Gasteiger partial charge is 0.322 e. The number of aryl methyl sites for hydroxylation is 1. The Morgan fingerprint density at radius 3 is 2.58 bits per heavy atom. The zero-order valence-electron chi connectivity index (χ0n) is 11.0. The zero-order chi connectivity index (χ0) is 14.2. The van der Waals surface area contributed by atoms with E-state index >= 15 is 0 Å². The fourth-order valence-electron chi connectivity index (χ4n) is 2.29. The minimum absolute atomic E-state index is 0.0909. The van der Waals surface area contributed by atoms with E-state index in [-0.39, 0.29) is 29.3 Å². The first kappa shape index (κ1) is 13.5. The van der Waals surface area contributed by atoms with E-state index < -0.39 is 10.8 Å². The molecule has 1 amide bonds. The topological polar surface area (TPSA) is 101 Å². The predicted octanol–water partition coefficient (Wildman–Crippen LogP) is 0.876. The third-order valence-corrected chi connectivity index (χ3v) is 3.01. The van der Waals surface area contributed by atoms with Crippen LogP contribution >= 0.6 is 0 Å². The monoisotopic (exact) mass is 268 g/mol. The molecule has 1 saturated heterocycles. The lowest BCUT2D eigenvalue weighted by Crippen LogP contribution is -2.48. The molecule has 1 aliphatic rings. The van der Waals surface area contributed by atoms with Gasteiger partial charge in [-0.1, -0.05) is 0 Å². The van der Waals surface area contributed by atoms with Gasteiger partial charge in [0.25, 0.3) is 5.91 Å². The number of nitro groups is 1. The second-order valence-electron chi connectivity index (χ2n) is 4.77. The molecule has 0 aliphatic carbocycles. The SMILES string of the molecule is Cc1[nH]nc(C(=O)N2C[C@@H](C)O[C@H](C)C2)c1[N+](=O)[O-]. The fourth-order valence-corrected chi connectivity index (χ4v) is 2.29. The molecule has 2 heterocycles. The molecule has 2 atom stereocenters. The summed E-state index contributed by atoms with van der Waals surface area (Å²) in [4.78, 5) is 24.2. The van der Waals surface area contributed by atoms with Gasteiger partial charge in [-0.3, -0.25) is 20.0 Å². The number of aromatic nitrogens is 2. The van der Waals surface area contributed by atoms with Gasteiger partial charge < -0.3 is 9.64 Å². The number of rotatable bonds is 2. The summed E-state index contributed by atoms with van der Waals surface area (Å²) in [6.45, 7) is 6.06. The van der Waals surface area contributed by atoms with Crippen molar-refractivity contribution in [3.8, 4) is 0 Å². The summed E-state index contributed by atoms with van der Waals surface area (Å²) in [6, 6.07) is 0. The number of morpholine rings is 1. The number of nitrogens with zero attached hydrogens (tertiary/aromatic N) is 3. The number of aromatic amines is 1. The van der Waals surface area contributed by atoms with Crippen LogP contribution < -0.4 is 0 Å². The summed E-state index contributed by atoms with van der Waals surface area (Å²) in [5, 5.41) is 17.2. The molecule has 1 aromatic rings. The van der Waals surface area contributed by atoms with Crippen molar-refractivity contribution in [3.05, 3.63) is 21.5 Å². The van der Waals surface area contributed by atoms with Gasteiger partial charge in [-0.15, -0.1) is 0 Å². The molecule has 1 aliphatic heterocycles. The van der Waals surface area contributed by atoms with E-state index in [1.54, 1.807) is 4.90 Å². The Balaban J connectivity index is 2.27. The quantitative estimate of drug-likeness (QED) is 0.633. The van der Waals surface area contributed by atoms with Crippen molar-refractivity contribution >= 4 is 11.6 Å². The molecule has 0 radical (unpaired) electrons. The highest BCUT2D eigenvalue weighted by Gasteiger charge is 2.33. The molecular formula is C11H16N4O4. The third-order valence-electron chi connectivity index (χ3n) is 3.01. The van der Waals surface area contributed by atoms with Gasteiger partial charge in [0, 0.05) is 13.1 Å². The van der Waals surface area contributed by atoms with E-state index in [1.165, 1.54) is 6.92 Å². The van der Waals surface area contributed by atoms with E-state index in [4.69, 9.17) is 4.74 Å². The van der Waals surface area contributed by atoms with Gasteiger partial charge >= 0.3 is 5.69 Å². The summed E-state index contributed by atoms with van der Waals surface area (Å²) in [5.41, 5.74) is -0.108. The number of H-pyrrole nitrogens is 1. The van der Waals surface area contributed by atoms with Crippen LogP contribution in [0.1, 0.15) is 30.0 Å². The zero-order valence-corrected chi connectivity index (χ0v) is 11.0. The molecule has 1 fully saturated rings. The van der Waals surface area contributed by atoms with E-state index in [0.29, 0.717) is 13.1 Å². The molecular weight excluding hydrogens is 252 g/mol. The van der Waals surface area contributed by atoms with E-state index in [9.17, 15) is 14.9 Å². The van der Waals surface area contributed by atoms with Crippen LogP contribution in [0.4, 0.5) is 5.69 Å². The highest BCUT2D eigenvalue weighted by atomic mass is 16.6. The maximum atomic E-state index is 12.3. The Labute approximate surface area is 109 Å². The van der Waals surface area contributed by atoms with Crippen LogP contribution in [0.3, 0.4) is 0 Å².